The molecule has 0 radical (unpaired) electrons. The average Bonchev–Trinajstić information content (AvgIpc) is 3.32. The maximum Gasteiger partial charge on any atom is 0.253 e. The largest absolute Gasteiger partial charge is 0.489 e. The van der Waals surface area contributed by atoms with Crippen LogP contribution in [0.4, 0.5) is 5.69 Å². The van der Waals surface area contributed by atoms with Crippen molar-refractivity contribution in [3.05, 3.63) is 64.6 Å². The maximum atomic E-state index is 14.0. The number of amides is 1. The van der Waals surface area contributed by atoms with Crippen LogP contribution in [0.5, 0.6) is 5.75 Å². The minimum Gasteiger partial charge on any atom is -0.489 e. The molecule has 4 aromatic rings. The van der Waals surface area contributed by atoms with E-state index in [0.29, 0.717) is 26.2 Å². The standard InChI is InChI=1S/C32H38N6O3/c1-8-27(39)37-15-19(3)36(14-20(37)4)26-13-28(40)38-22(16-35(6)7)17-41-32-24(11-10-23(26)31(32)38)29-18(2)9-12-25-30(29)21(5)33-34-25/h8-13,19-20,22H,1,14-17H2,2-7H3,(H,33,34)/t19?,20-,22?/m1/s1. The number of H-pyrrole nitrogens is 1. The number of aryl methyl sites for hydroxylation is 2. The number of aromatic amines is 1. The molecule has 3 atom stereocenters. The molecule has 0 aliphatic carbocycles. The highest BCUT2D eigenvalue weighted by Crippen LogP contribution is 2.46. The van der Waals surface area contributed by atoms with Crippen molar-refractivity contribution in [2.45, 2.75) is 45.8 Å². The van der Waals surface area contributed by atoms with Crippen molar-refractivity contribution >= 4 is 33.4 Å². The molecule has 9 nitrogen and oxygen atoms in total. The first-order valence-corrected chi connectivity index (χ1v) is 14.2. The van der Waals surface area contributed by atoms with E-state index in [1.54, 1.807) is 6.07 Å². The number of pyridine rings is 1. The summed E-state index contributed by atoms with van der Waals surface area (Å²) >= 11 is 0. The summed E-state index contributed by atoms with van der Waals surface area (Å²) in [6.07, 6.45) is 1.38. The molecule has 2 aromatic carbocycles. The summed E-state index contributed by atoms with van der Waals surface area (Å²) in [7, 11) is 4.03. The number of carbonyl (C=O) groups excluding carboxylic acids is 1. The summed E-state index contributed by atoms with van der Waals surface area (Å²) in [6.45, 7) is 14.2. The summed E-state index contributed by atoms with van der Waals surface area (Å²) in [4.78, 5) is 32.7. The first kappa shape index (κ1) is 27.1. The third kappa shape index (κ3) is 4.30. The van der Waals surface area contributed by atoms with Gasteiger partial charge in [0.15, 0.2) is 5.75 Å². The van der Waals surface area contributed by atoms with E-state index in [1.165, 1.54) is 6.08 Å². The molecule has 1 N–H and O–H groups in total. The van der Waals surface area contributed by atoms with Crippen LogP contribution in [0.1, 0.15) is 31.1 Å². The van der Waals surface area contributed by atoms with Crippen LogP contribution in [0.25, 0.3) is 32.9 Å². The van der Waals surface area contributed by atoms with Crippen LogP contribution < -0.4 is 15.2 Å². The van der Waals surface area contributed by atoms with E-state index >= 15 is 0 Å². The highest BCUT2D eigenvalue weighted by atomic mass is 16.5. The molecule has 2 unspecified atom stereocenters. The van der Waals surface area contributed by atoms with E-state index in [-0.39, 0.29) is 29.6 Å². The molecule has 9 heteroatoms. The molecule has 0 bridgehead atoms. The summed E-state index contributed by atoms with van der Waals surface area (Å²) < 4.78 is 8.56. The number of carbonyl (C=O) groups is 1. The van der Waals surface area contributed by atoms with Crippen molar-refractivity contribution in [3.8, 4) is 16.9 Å². The molecule has 1 saturated heterocycles. The topological polar surface area (TPSA) is 86.7 Å². The number of ether oxygens (including phenoxy) is 1. The number of fused-ring (bicyclic) bond motifs is 1. The summed E-state index contributed by atoms with van der Waals surface area (Å²) in [5.74, 6) is 0.665. The van der Waals surface area contributed by atoms with Crippen LogP contribution in [0.3, 0.4) is 0 Å². The van der Waals surface area contributed by atoms with Gasteiger partial charge in [-0.15, -0.1) is 0 Å². The zero-order chi connectivity index (χ0) is 29.2. The Kier molecular flexibility index (Phi) is 6.65. The number of likely N-dealkylation sites (N-methyl/N-ethyl adjacent to an activating group) is 1. The predicted molar refractivity (Wildman–Crippen MR) is 164 cm³/mol. The Balaban J connectivity index is 1.60. The van der Waals surface area contributed by atoms with Gasteiger partial charge in [-0.2, -0.15) is 5.10 Å². The second-order valence-corrected chi connectivity index (χ2v) is 11.8. The molecule has 6 rings (SSSR count). The molecular formula is C32H38N6O3. The van der Waals surface area contributed by atoms with Crippen LogP contribution in [0, 0.1) is 13.8 Å². The smallest absolute Gasteiger partial charge is 0.253 e. The van der Waals surface area contributed by atoms with Gasteiger partial charge in [0, 0.05) is 59.8 Å². The van der Waals surface area contributed by atoms with Crippen molar-refractivity contribution < 1.29 is 9.53 Å². The Labute approximate surface area is 240 Å². The summed E-state index contributed by atoms with van der Waals surface area (Å²) in [5, 5.41) is 9.68. The summed E-state index contributed by atoms with van der Waals surface area (Å²) in [5.41, 5.74) is 6.70. The van der Waals surface area contributed by atoms with Gasteiger partial charge in [0.2, 0.25) is 5.91 Å². The fraction of sp³-hybridized carbons (Fsp3) is 0.406. The molecule has 2 aliphatic rings. The van der Waals surface area contributed by atoms with Gasteiger partial charge in [-0.05, 0) is 77.2 Å². The van der Waals surface area contributed by atoms with Gasteiger partial charge < -0.3 is 19.4 Å². The van der Waals surface area contributed by atoms with Crippen molar-refractivity contribution in [3.63, 3.8) is 0 Å². The molecule has 1 amide bonds. The predicted octanol–water partition coefficient (Wildman–Crippen LogP) is 4.27. The number of hydrogen-bond donors (Lipinski definition) is 1. The van der Waals surface area contributed by atoms with Gasteiger partial charge in [-0.3, -0.25) is 19.3 Å². The van der Waals surface area contributed by atoms with Gasteiger partial charge in [-0.25, -0.2) is 0 Å². The highest BCUT2D eigenvalue weighted by molar-refractivity contribution is 6.06. The molecule has 4 heterocycles. The van der Waals surface area contributed by atoms with Crippen molar-refractivity contribution in [1.29, 1.82) is 0 Å². The van der Waals surface area contributed by atoms with Crippen molar-refractivity contribution in [1.82, 2.24) is 24.6 Å². The lowest BCUT2D eigenvalue weighted by Gasteiger charge is -2.45. The van der Waals surface area contributed by atoms with Gasteiger partial charge in [0.1, 0.15) is 6.61 Å². The number of rotatable bonds is 5. The molecule has 2 aliphatic heterocycles. The minimum absolute atomic E-state index is 0.0164. The number of hydrogen-bond acceptors (Lipinski definition) is 6. The Morgan fingerprint density at radius 2 is 1.95 bits per heavy atom. The van der Waals surface area contributed by atoms with E-state index in [9.17, 15) is 9.59 Å². The third-order valence-corrected chi connectivity index (χ3v) is 8.64. The molecule has 2 aromatic heterocycles. The van der Waals surface area contributed by atoms with Gasteiger partial charge >= 0.3 is 0 Å². The number of anilines is 1. The van der Waals surface area contributed by atoms with E-state index in [0.717, 1.165) is 55.6 Å². The van der Waals surface area contributed by atoms with Crippen molar-refractivity contribution in [2.75, 3.05) is 45.2 Å². The zero-order valence-electron chi connectivity index (χ0n) is 24.7. The van der Waals surface area contributed by atoms with E-state index in [1.807, 2.05) is 43.5 Å². The summed E-state index contributed by atoms with van der Waals surface area (Å²) in [6, 6.07) is 10.0. The molecule has 1 fully saturated rings. The van der Waals surface area contributed by atoms with Gasteiger partial charge in [0.05, 0.1) is 22.8 Å². The number of nitrogens with zero attached hydrogens (tertiary/aromatic N) is 5. The van der Waals surface area contributed by atoms with Crippen LogP contribution in [-0.4, -0.2) is 82.9 Å². The third-order valence-electron chi connectivity index (χ3n) is 8.64. The quantitative estimate of drug-likeness (QED) is 0.371. The SMILES string of the molecule is C=CC(=O)N1CC(C)N(c2cc(=O)n3c4c(c(-c5c(C)ccc6n[nH]c(C)c56)ccc24)OCC3CN(C)C)C[C@H]1C. The average molecular weight is 555 g/mol. The zero-order valence-corrected chi connectivity index (χ0v) is 24.7. The van der Waals surface area contributed by atoms with E-state index < -0.39 is 0 Å². The molecule has 0 saturated carbocycles. The second-order valence-electron chi connectivity index (χ2n) is 11.8. The fourth-order valence-electron chi connectivity index (χ4n) is 6.75. The Morgan fingerprint density at radius 3 is 2.68 bits per heavy atom. The van der Waals surface area contributed by atoms with Crippen LogP contribution in [0.2, 0.25) is 0 Å². The number of piperazine rings is 1. The number of benzene rings is 2. The molecule has 214 valence electrons. The first-order chi connectivity index (χ1) is 19.6. The van der Waals surface area contributed by atoms with Crippen LogP contribution in [-0.2, 0) is 4.79 Å². The normalized spacial score (nSPS) is 20.6. The molecule has 0 spiro atoms. The molecule has 41 heavy (non-hydrogen) atoms. The van der Waals surface area contributed by atoms with Crippen molar-refractivity contribution in [2.24, 2.45) is 0 Å². The van der Waals surface area contributed by atoms with Crippen LogP contribution >= 0.6 is 0 Å². The van der Waals surface area contributed by atoms with E-state index in [2.05, 4.69) is 58.6 Å². The lowest BCUT2D eigenvalue weighted by atomic mass is 9.92. The van der Waals surface area contributed by atoms with Gasteiger partial charge in [0.25, 0.3) is 5.56 Å². The lowest BCUT2D eigenvalue weighted by Crippen LogP contribution is -2.58. The first-order valence-electron chi connectivity index (χ1n) is 14.2. The Hall–Kier alpha value is -4.11. The highest BCUT2D eigenvalue weighted by Gasteiger charge is 2.35. The Morgan fingerprint density at radius 1 is 1.17 bits per heavy atom. The molecular weight excluding hydrogens is 516 g/mol. The maximum absolute atomic E-state index is 14.0. The minimum atomic E-state index is -0.122. The van der Waals surface area contributed by atoms with Gasteiger partial charge in [-0.1, -0.05) is 12.6 Å². The van der Waals surface area contributed by atoms with E-state index in [4.69, 9.17) is 4.74 Å². The number of nitrogens with one attached hydrogen (secondary N) is 1. The number of aromatic nitrogens is 3. The fourth-order valence-corrected chi connectivity index (χ4v) is 6.75. The van der Waals surface area contributed by atoms with Crippen LogP contribution in [0.15, 0.2) is 47.8 Å². The lowest BCUT2D eigenvalue weighted by molar-refractivity contribution is -0.128. The second kappa shape index (κ2) is 10.1. The monoisotopic (exact) mass is 554 g/mol. The Bertz CT molecular complexity index is 1750.